The number of rotatable bonds is 2. The van der Waals surface area contributed by atoms with E-state index in [2.05, 4.69) is 6.58 Å². The predicted molar refractivity (Wildman–Crippen MR) is 36.6 cm³/mol. The highest BCUT2D eigenvalue weighted by molar-refractivity contribution is 7.79. The quantitative estimate of drug-likeness (QED) is 0.411. The fourth-order valence-electron chi connectivity index (χ4n) is 0.123. The average Bonchev–Trinajstić information content (AvgIpc) is 1.58. The van der Waals surface area contributed by atoms with Gasteiger partial charge >= 0.3 is 16.4 Å². The molecule has 0 aliphatic carbocycles. The first-order chi connectivity index (χ1) is 4.77. The van der Waals surface area contributed by atoms with Crippen molar-refractivity contribution in [3.05, 3.63) is 12.7 Å². The molecule has 0 spiro atoms. The fraction of sp³-hybridized carbons (Fsp3) is 0.250. The third-order valence-electron chi connectivity index (χ3n) is 0.319. The maximum absolute atomic E-state index is 9.53. The molecular weight excluding hydrogens is 176 g/mol. The van der Waals surface area contributed by atoms with Gasteiger partial charge in [0.15, 0.2) is 0 Å². The molecule has 0 aliphatic heterocycles. The summed E-state index contributed by atoms with van der Waals surface area (Å²) >= 11 is 0. The second-order valence-electron chi connectivity index (χ2n) is 1.33. The van der Waals surface area contributed by atoms with Gasteiger partial charge in [-0.05, 0) is 0 Å². The van der Waals surface area contributed by atoms with Crippen LogP contribution in [0.4, 0.5) is 0 Å². The van der Waals surface area contributed by atoms with Crippen LogP contribution in [-0.2, 0) is 15.2 Å². The molecule has 0 atom stereocenters. The van der Waals surface area contributed by atoms with Gasteiger partial charge < -0.3 is 5.11 Å². The van der Waals surface area contributed by atoms with Crippen LogP contribution in [0.2, 0.25) is 0 Å². The number of aliphatic carboxylic acids is 1. The Bertz CT molecular complexity index is 207. The number of carboxylic acids is 1. The van der Waals surface area contributed by atoms with Gasteiger partial charge in [-0.15, -0.1) is 6.58 Å². The van der Waals surface area contributed by atoms with Gasteiger partial charge in [0.25, 0.3) is 0 Å². The lowest BCUT2D eigenvalue weighted by atomic mass is 10.4. The lowest BCUT2D eigenvalue weighted by Gasteiger charge is -1.75. The molecule has 0 radical (unpaired) electrons. The Morgan fingerprint density at radius 1 is 1.45 bits per heavy atom. The Labute approximate surface area is 63.7 Å². The second kappa shape index (κ2) is 5.83. The van der Waals surface area contributed by atoms with Crippen molar-refractivity contribution in [3.63, 3.8) is 0 Å². The minimum Gasteiger partial charge on any atom is -0.481 e. The van der Waals surface area contributed by atoms with E-state index in [-0.39, 0.29) is 6.42 Å². The molecular formula is C4H8O6S. The van der Waals surface area contributed by atoms with E-state index in [1.54, 1.807) is 0 Å². The van der Waals surface area contributed by atoms with Gasteiger partial charge in [-0.3, -0.25) is 13.9 Å². The summed E-state index contributed by atoms with van der Waals surface area (Å²) in [6, 6.07) is 0. The Balaban J connectivity index is 0. The van der Waals surface area contributed by atoms with E-state index >= 15 is 0 Å². The molecule has 0 aromatic carbocycles. The Kier molecular flexibility index (Phi) is 6.75. The summed E-state index contributed by atoms with van der Waals surface area (Å²) in [6.07, 6.45) is 1.41. The molecule has 0 aromatic rings. The normalized spacial score (nSPS) is 9.27. The molecule has 3 N–H and O–H groups in total. The first-order valence-electron chi connectivity index (χ1n) is 2.30. The smallest absolute Gasteiger partial charge is 0.394 e. The molecule has 0 rings (SSSR count). The summed E-state index contributed by atoms with van der Waals surface area (Å²) in [6.45, 7) is 3.22. The summed E-state index contributed by atoms with van der Waals surface area (Å²) in [5.74, 6) is -0.829. The van der Waals surface area contributed by atoms with E-state index < -0.39 is 16.4 Å². The number of hydrogen-bond donors (Lipinski definition) is 3. The first-order valence-corrected chi connectivity index (χ1v) is 3.69. The highest BCUT2D eigenvalue weighted by Crippen LogP contribution is 1.74. The largest absolute Gasteiger partial charge is 0.481 e. The van der Waals surface area contributed by atoms with Crippen molar-refractivity contribution in [1.29, 1.82) is 0 Å². The van der Waals surface area contributed by atoms with E-state index in [1.807, 2.05) is 0 Å². The molecule has 0 aromatic heterocycles. The van der Waals surface area contributed by atoms with Crippen LogP contribution in [0, 0.1) is 0 Å². The minimum absolute atomic E-state index is 0.0556. The molecule has 0 bridgehead atoms. The zero-order valence-corrected chi connectivity index (χ0v) is 6.28. The third-order valence-corrected chi connectivity index (χ3v) is 0.319. The Hall–Kier alpha value is -0.920. The summed E-state index contributed by atoms with van der Waals surface area (Å²) in [7, 11) is -4.67. The molecule has 7 heteroatoms. The third kappa shape index (κ3) is 105. The summed E-state index contributed by atoms with van der Waals surface area (Å²) in [5.41, 5.74) is 0. The Morgan fingerprint density at radius 3 is 1.73 bits per heavy atom. The SMILES string of the molecule is C=CCC(=O)O.O=S(=O)(O)O. The maximum atomic E-state index is 9.53. The highest BCUT2D eigenvalue weighted by Gasteiger charge is 1.85. The Morgan fingerprint density at radius 2 is 1.73 bits per heavy atom. The standard InChI is InChI=1S/C4H6O2.H2O4S/c1-2-3-4(5)6;1-5(2,3)4/h2H,1,3H2,(H,5,6);(H2,1,2,3,4). The molecule has 0 fully saturated rings. The average molecular weight is 184 g/mol. The topological polar surface area (TPSA) is 112 Å². The highest BCUT2D eigenvalue weighted by atomic mass is 32.3. The lowest BCUT2D eigenvalue weighted by Crippen LogP contribution is -1.89. The van der Waals surface area contributed by atoms with Gasteiger partial charge in [-0.2, -0.15) is 8.42 Å². The zero-order chi connectivity index (χ0) is 9.49. The van der Waals surface area contributed by atoms with Crippen molar-refractivity contribution in [2.45, 2.75) is 6.42 Å². The van der Waals surface area contributed by atoms with Crippen molar-refractivity contribution in [2.24, 2.45) is 0 Å². The predicted octanol–water partition coefficient (Wildman–Crippen LogP) is -0.00570. The summed E-state index contributed by atoms with van der Waals surface area (Å²) in [5, 5.41) is 7.84. The molecule has 0 unspecified atom stereocenters. The van der Waals surface area contributed by atoms with Crippen molar-refractivity contribution < 1.29 is 27.4 Å². The van der Waals surface area contributed by atoms with Crippen LogP contribution in [0.1, 0.15) is 6.42 Å². The molecule has 0 amide bonds. The van der Waals surface area contributed by atoms with Gasteiger partial charge in [0.2, 0.25) is 0 Å². The monoisotopic (exact) mass is 184 g/mol. The van der Waals surface area contributed by atoms with Crippen LogP contribution in [0.5, 0.6) is 0 Å². The molecule has 0 saturated heterocycles. The van der Waals surface area contributed by atoms with E-state index in [9.17, 15) is 4.79 Å². The lowest BCUT2D eigenvalue weighted by molar-refractivity contribution is -0.135. The maximum Gasteiger partial charge on any atom is 0.394 e. The first kappa shape index (κ1) is 12.7. The summed E-state index contributed by atoms with van der Waals surface area (Å²) in [4.78, 5) is 9.53. The molecule has 11 heavy (non-hydrogen) atoms. The van der Waals surface area contributed by atoms with E-state index in [0.717, 1.165) is 0 Å². The van der Waals surface area contributed by atoms with Crippen molar-refractivity contribution in [1.82, 2.24) is 0 Å². The number of carboxylic acid groups (broad SMARTS) is 1. The number of carbonyl (C=O) groups is 1. The van der Waals surface area contributed by atoms with Gasteiger partial charge in [0.05, 0.1) is 6.42 Å². The zero-order valence-electron chi connectivity index (χ0n) is 5.47. The molecule has 0 heterocycles. The van der Waals surface area contributed by atoms with Crippen LogP contribution < -0.4 is 0 Å². The van der Waals surface area contributed by atoms with Crippen molar-refractivity contribution >= 4 is 16.4 Å². The minimum atomic E-state index is -4.67. The van der Waals surface area contributed by atoms with E-state index in [4.69, 9.17) is 22.6 Å². The second-order valence-corrected chi connectivity index (χ2v) is 2.23. The number of hydrogen-bond acceptors (Lipinski definition) is 3. The van der Waals surface area contributed by atoms with Crippen LogP contribution in [0.15, 0.2) is 12.7 Å². The van der Waals surface area contributed by atoms with Crippen LogP contribution in [0.3, 0.4) is 0 Å². The van der Waals surface area contributed by atoms with Crippen molar-refractivity contribution in [2.75, 3.05) is 0 Å². The van der Waals surface area contributed by atoms with Gasteiger partial charge in [0.1, 0.15) is 0 Å². The van der Waals surface area contributed by atoms with Crippen molar-refractivity contribution in [3.8, 4) is 0 Å². The molecule has 6 nitrogen and oxygen atoms in total. The van der Waals surface area contributed by atoms with Gasteiger partial charge in [0, 0.05) is 0 Å². The van der Waals surface area contributed by atoms with Crippen LogP contribution in [0.25, 0.3) is 0 Å². The fourth-order valence-corrected chi connectivity index (χ4v) is 0.123. The molecule has 0 aliphatic rings. The summed E-state index contributed by atoms with van der Waals surface area (Å²) < 4.78 is 31.6. The van der Waals surface area contributed by atoms with E-state index in [1.165, 1.54) is 6.08 Å². The molecule has 0 saturated carbocycles. The van der Waals surface area contributed by atoms with Gasteiger partial charge in [-0.1, -0.05) is 6.08 Å². The van der Waals surface area contributed by atoms with Crippen LogP contribution in [-0.4, -0.2) is 28.6 Å². The van der Waals surface area contributed by atoms with Crippen LogP contribution >= 0.6 is 0 Å². The molecule has 66 valence electrons. The van der Waals surface area contributed by atoms with Gasteiger partial charge in [-0.25, -0.2) is 0 Å². The van der Waals surface area contributed by atoms with E-state index in [0.29, 0.717) is 0 Å².